The van der Waals surface area contributed by atoms with Crippen LogP contribution in [-0.4, -0.2) is 11.9 Å². The highest BCUT2D eigenvalue weighted by atomic mass is 127. The summed E-state index contributed by atoms with van der Waals surface area (Å²) in [5, 5.41) is 6.14. The second-order valence-electron chi connectivity index (χ2n) is 5.19. The molecule has 1 unspecified atom stereocenters. The van der Waals surface area contributed by atoms with Crippen LogP contribution in [0.2, 0.25) is 0 Å². The molecule has 1 atom stereocenters. The van der Waals surface area contributed by atoms with Crippen LogP contribution in [0.25, 0.3) is 0 Å². The van der Waals surface area contributed by atoms with Gasteiger partial charge in [0.05, 0.1) is 0 Å². The molecule has 21 heavy (non-hydrogen) atoms. The molecular weight excluding hydrogens is 375 g/mol. The van der Waals surface area contributed by atoms with E-state index in [1.165, 1.54) is 14.7 Å². The summed E-state index contributed by atoms with van der Waals surface area (Å²) in [7, 11) is 0. The van der Waals surface area contributed by atoms with Gasteiger partial charge in [-0.05, 0) is 73.2 Å². The summed E-state index contributed by atoms with van der Waals surface area (Å²) >= 11 is 2.30. The Morgan fingerprint density at radius 3 is 2.29 bits per heavy atom. The summed E-state index contributed by atoms with van der Waals surface area (Å²) in [5.74, 6) is -0.0468. The van der Waals surface area contributed by atoms with Crippen LogP contribution in [0.5, 0.6) is 0 Å². The molecule has 2 rings (SSSR count). The second kappa shape index (κ2) is 6.93. The Kier molecular flexibility index (Phi) is 5.22. The highest BCUT2D eigenvalue weighted by molar-refractivity contribution is 14.1. The van der Waals surface area contributed by atoms with Gasteiger partial charge in [0.25, 0.3) is 0 Å². The van der Waals surface area contributed by atoms with E-state index >= 15 is 0 Å². The Hall–Kier alpha value is -1.56. The Morgan fingerprint density at radius 1 is 1.05 bits per heavy atom. The van der Waals surface area contributed by atoms with E-state index in [0.29, 0.717) is 0 Å². The molecule has 2 aromatic carbocycles. The van der Waals surface area contributed by atoms with Crippen molar-refractivity contribution < 1.29 is 4.79 Å². The van der Waals surface area contributed by atoms with Gasteiger partial charge in [-0.2, -0.15) is 0 Å². The lowest BCUT2D eigenvalue weighted by molar-refractivity contribution is -0.116. The first kappa shape index (κ1) is 15.8. The first-order valence-electron chi connectivity index (χ1n) is 6.86. The Bertz CT molecular complexity index is 638. The van der Waals surface area contributed by atoms with Crippen LogP contribution in [0, 0.1) is 17.4 Å². The third kappa shape index (κ3) is 4.46. The lowest BCUT2D eigenvalue weighted by atomic mass is 10.2. The summed E-state index contributed by atoms with van der Waals surface area (Å²) in [4.78, 5) is 12.2. The lowest BCUT2D eigenvalue weighted by Crippen LogP contribution is -2.31. The molecule has 0 bridgehead atoms. The molecule has 0 fully saturated rings. The summed E-state index contributed by atoms with van der Waals surface area (Å²) in [6, 6.07) is 13.6. The molecule has 3 nitrogen and oxygen atoms in total. The number of halogens is 1. The van der Waals surface area contributed by atoms with Gasteiger partial charge in [-0.15, -0.1) is 0 Å². The highest BCUT2D eigenvalue weighted by Gasteiger charge is 2.13. The maximum Gasteiger partial charge on any atom is 0.246 e. The molecule has 0 aliphatic carbocycles. The van der Waals surface area contributed by atoms with E-state index < -0.39 is 0 Å². The number of carbonyl (C=O) groups is 1. The number of hydrogen-bond acceptors (Lipinski definition) is 2. The van der Waals surface area contributed by atoms with Gasteiger partial charge >= 0.3 is 0 Å². The van der Waals surface area contributed by atoms with Crippen molar-refractivity contribution in [2.24, 2.45) is 0 Å². The topological polar surface area (TPSA) is 41.1 Å². The number of nitrogens with one attached hydrogen (secondary N) is 2. The molecule has 0 saturated heterocycles. The van der Waals surface area contributed by atoms with Gasteiger partial charge in [-0.1, -0.05) is 23.8 Å². The summed E-state index contributed by atoms with van der Waals surface area (Å²) in [6.07, 6.45) is 0. The molecule has 1 amide bonds. The SMILES string of the molecule is Cc1ccc(NC(=O)C(C)Nc2ccc(C)c(I)c2)cc1. The number of benzene rings is 2. The molecule has 110 valence electrons. The predicted molar refractivity (Wildman–Crippen MR) is 96.8 cm³/mol. The number of amides is 1. The van der Waals surface area contributed by atoms with Gasteiger partial charge in [0.2, 0.25) is 5.91 Å². The molecule has 0 saturated carbocycles. The maximum atomic E-state index is 12.2. The molecule has 0 heterocycles. The maximum absolute atomic E-state index is 12.2. The minimum atomic E-state index is -0.301. The third-order valence-corrected chi connectivity index (χ3v) is 4.43. The first-order valence-corrected chi connectivity index (χ1v) is 7.94. The van der Waals surface area contributed by atoms with Crippen LogP contribution in [0.1, 0.15) is 18.1 Å². The normalized spacial score (nSPS) is 11.8. The fourth-order valence-electron chi connectivity index (χ4n) is 1.89. The summed E-state index contributed by atoms with van der Waals surface area (Å²) in [6.45, 7) is 5.95. The van der Waals surface area contributed by atoms with Crippen molar-refractivity contribution in [1.82, 2.24) is 0 Å². The highest BCUT2D eigenvalue weighted by Crippen LogP contribution is 2.18. The van der Waals surface area contributed by atoms with E-state index in [1.54, 1.807) is 0 Å². The van der Waals surface area contributed by atoms with Crippen LogP contribution in [0.4, 0.5) is 11.4 Å². The predicted octanol–water partition coefficient (Wildman–Crippen LogP) is 4.35. The van der Waals surface area contributed by atoms with Gasteiger partial charge in [0.1, 0.15) is 6.04 Å². The minimum Gasteiger partial charge on any atom is -0.374 e. The Labute approximate surface area is 139 Å². The van der Waals surface area contributed by atoms with Crippen molar-refractivity contribution in [2.75, 3.05) is 10.6 Å². The minimum absolute atomic E-state index is 0.0468. The monoisotopic (exact) mass is 394 g/mol. The molecule has 0 radical (unpaired) electrons. The van der Waals surface area contributed by atoms with E-state index in [2.05, 4.69) is 46.2 Å². The summed E-state index contributed by atoms with van der Waals surface area (Å²) < 4.78 is 1.18. The van der Waals surface area contributed by atoms with Crippen molar-refractivity contribution in [3.8, 4) is 0 Å². The molecular formula is C17H19IN2O. The van der Waals surface area contributed by atoms with Crippen molar-refractivity contribution in [3.63, 3.8) is 0 Å². The van der Waals surface area contributed by atoms with Gasteiger partial charge < -0.3 is 10.6 Å². The van der Waals surface area contributed by atoms with Gasteiger partial charge in [-0.3, -0.25) is 4.79 Å². The zero-order valence-corrected chi connectivity index (χ0v) is 14.6. The third-order valence-electron chi connectivity index (χ3n) is 3.27. The number of aryl methyl sites for hydroxylation is 2. The Balaban J connectivity index is 1.98. The summed E-state index contributed by atoms with van der Waals surface area (Å²) in [5.41, 5.74) is 4.18. The van der Waals surface area contributed by atoms with Crippen molar-refractivity contribution >= 4 is 39.9 Å². The smallest absolute Gasteiger partial charge is 0.246 e. The average Bonchev–Trinajstić information content (AvgIpc) is 2.45. The molecule has 2 N–H and O–H groups in total. The van der Waals surface area contributed by atoms with E-state index in [1.807, 2.05) is 50.2 Å². The molecule has 2 aromatic rings. The zero-order chi connectivity index (χ0) is 15.4. The van der Waals surface area contributed by atoms with Gasteiger partial charge in [-0.25, -0.2) is 0 Å². The average molecular weight is 394 g/mol. The zero-order valence-electron chi connectivity index (χ0n) is 12.4. The standard InChI is InChI=1S/C17H19IN2O/c1-11-4-7-14(8-5-11)20-17(21)13(3)19-15-9-6-12(2)16(18)10-15/h4-10,13,19H,1-3H3,(H,20,21). The number of anilines is 2. The van der Waals surface area contributed by atoms with E-state index in [4.69, 9.17) is 0 Å². The quantitative estimate of drug-likeness (QED) is 0.758. The van der Waals surface area contributed by atoms with Crippen LogP contribution in [0.15, 0.2) is 42.5 Å². The fourth-order valence-corrected chi connectivity index (χ4v) is 2.40. The first-order chi connectivity index (χ1) is 9.95. The number of hydrogen-bond donors (Lipinski definition) is 2. The van der Waals surface area contributed by atoms with Crippen LogP contribution >= 0.6 is 22.6 Å². The van der Waals surface area contributed by atoms with Gasteiger partial charge in [0, 0.05) is 14.9 Å². The molecule has 0 spiro atoms. The van der Waals surface area contributed by atoms with E-state index in [9.17, 15) is 4.79 Å². The molecule has 4 heteroatoms. The largest absolute Gasteiger partial charge is 0.374 e. The van der Waals surface area contributed by atoms with Crippen LogP contribution in [-0.2, 0) is 4.79 Å². The van der Waals surface area contributed by atoms with Crippen molar-refractivity contribution in [2.45, 2.75) is 26.8 Å². The van der Waals surface area contributed by atoms with E-state index in [-0.39, 0.29) is 11.9 Å². The molecule has 0 aliphatic rings. The number of rotatable bonds is 4. The number of carbonyl (C=O) groups excluding carboxylic acids is 1. The Morgan fingerprint density at radius 2 is 1.67 bits per heavy atom. The van der Waals surface area contributed by atoms with E-state index in [0.717, 1.165) is 11.4 Å². The fraction of sp³-hybridized carbons (Fsp3) is 0.235. The van der Waals surface area contributed by atoms with Crippen LogP contribution < -0.4 is 10.6 Å². The van der Waals surface area contributed by atoms with Gasteiger partial charge in [0.15, 0.2) is 0 Å². The lowest BCUT2D eigenvalue weighted by Gasteiger charge is -2.16. The van der Waals surface area contributed by atoms with Crippen molar-refractivity contribution in [1.29, 1.82) is 0 Å². The molecule has 0 aromatic heterocycles. The molecule has 0 aliphatic heterocycles. The second-order valence-corrected chi connectivity index (χ2v) is 6.35. The van der Waals surface area contributed by atoms with Crippen molar-refractivity contribution in [3.05, 3.63) is 57.2 Å². The van der Waals surface area contributed by atoms with Crippen LogP contribution in [0.3, 0.4) is 0 Å².